The lowest BCUT2D eigenvalue weighted by Crippen LogP contribution is -2.50. The van der Waals surface area contributed by atoms with Crippen molar-refractivity contribution in [3.63, 3.8) is 0 Å². The molecule has 5 heteroatoms. The average Bonchev–Trinajstić information content (AvgIpc) is 3.35. The lowest BCUT2D eigenvalue weighted by molar-refractivity contribution is -0.0497. The topological polar surface area (TPSA) is 67.6 Å². The van der Waals surface area contributed by atoms with Gasteiger partial charge < -0.3 is 5.73 Å². The smallest absolute Gasteiger partial charge is 0.216 e. The third-order valence-corrected chi connectivity index (χ3v) is 12.1. The molecule has 0 bridgehead atoms. The van der Waals surface area contributed by atoms with Crippen LogP contribution in [0.3, 0.4) is 0 Å². The molecule has 190 valence electrons. The lowest BCUT2D eigenvalue weighted by atomic mass is 9.47. The highest BCUT2D eigenvalue weighted by Crippen LogP contribution is 2.67. The number of aromatic amines is 1. The Hall–Kier alpha value is -0.970. The molecule has 4 nitrogen and oxygen atoms in total. The molecule has 4 aliphatic rings. The molecule has 3 saturated carbocycles. The number of nitrogens with zero attached hydrogens (tertiary/aromatic N) is 2. The summed E-state index contributed by atoms with van der Waals surface area (Å²) < 4.78 is 0. The average molecular weight is 485 g/mol. The van der Waals surface area contributed by atoms with Gasteiger partial charge in [-0.15, -0.1) is 5.10 Å². The van der Waals surface area contributed by atoms with Gasteiger partial charge >= 0.3 is 0 Å². The maximum absolute atomic E-state index is 5.75. The van der Waals surface area contributed by atoms with Gasteiger partial charge in [0.05, 0.1) is 0 Å². The van der Waals surface area contributed by atoms with Gasteiger partial charge in [-0.3, -0.25) is 0 Å². The summed E-state index contributed by atoms with van der Waals surface area (Å²) in [6.07, 6.45) is 18.0. The van der Waals surface area contributed by atoms with Crippen LogP contribution in [0.5, 0.6) is 0 Å². The van der Waals surface area contributed by atoms with Gasteiger partial charge in [-0.1, -0.05) is 77.3 Å². The summed E-state index contributed by atoms with van der Waals surface area (Å²) in [6.45, 7) is 12.7. The number of nitrogen functional groups attached to an aromatic ring is 1. The van der Waals surface area contributed by atoms with Crippen LogP contribution >= 0.6 is 11.8 Å². The molecule has 5 rings (SSSR count). The van der Waals surface area contributed by atoms with Crippen LogP contribution in [0.4, 0.5) is 5.95 Å². The molecule has 3 N–H and O–H groups in total. The lowest BCUT2D eigenvalue weighted by Gasteiger charge is -2.58. The van der Waals surface area contributed by atoms with E-state index in [2.05, 4.69) is 55.9 Å². The Kier molecular flexibility index (Phi) is 6.89. The van der Waals surface area contributed by atoms with Crippen LogP contribution in [-0.2, 0) is 0 Å². The van der Waals surface area contributed by atoms with E-state index in [9.17, 15) is 0 Å². The molecule has 0 saturated heterocycles. The van der Waals surface area contributed by atoms with Crippen LogP contribution in [0.1, 0.15) is 105 Å². The van der Waals surface area contributed by atoms with E-state index >= 15 is 0 Å². The fourth-order valence-electron chi connectivity index (χ4n) is 9.21. The third kappa shape index (κ3) is 4.37. The number of rotatable bonds is 7. The van der Waals surface area contributed by atoms with Crippen LogP contribution in [0, 0.1) is 46.3 Å². The molecule has 4 aliphatic carbocycles. The van der Waals surface area contributed by atoms with Gasteiger partial charge in [-0.2, -0.15) is 4.98 Å². The predicted octanol–water partition coefficient (Wildman–Crippen LogP) is 7.89. The van der Waals surface area contributed by atoms with Crippen molar-refractivity contribution in [2.45, 2.75) is 116 Å². The second kappa shape index (κ2) is 9.48. The monoisotopic (exact) mass is 484 g/mol. The van der Waals surface area contributed by atoms with Gasteiger partial charge in [0.15, 0.2) is 0 Å². The third-order valence-electron chi connectivity index (χ3n) is 11.0. The van der Waals surface area contributed by atoms with Crippen molar-refractivity contribution in [3.05, 3.63) is 11.6 Å². The van der Waals surface area contributed by atoms with E-state index < -0.39 is 0 Å². The van der Waals surface area contributed by atoms with Crippen molar-refractivity contribution >= 4 is 17.7 Å². The molecule has 0 amide bonds. The number of hydrogen-bond donors (Lipinski definition) is 2. The number of hydrogen-bond acceptors (Lipinski definition) is 4. The van der Waals surface area contributed by atoms with E-state index in [1.165, 1.54) is 70.6 Å². The van der Waals surface area contributed by atoms with E-state index in [0.29, 0.717) is 22.0 Å². The van der Waals surface area contributed by atoms with Crippen LogP contribution in [0.15, 0.2) is 16.8 Å². The Labute approximate surface area is 212 Å². The highest BCUT2D eigenvalue weighted by Gasteiger charge is 2.59. The van der Waals surface area contributed by atoms with E-state index in [4.69, 9.17) is 5.73 Å². The number of H-pyrrole nitrogens is 1. The Morgan fingerprint density at radius 1 is 1.09 bits per heavy atom. The highest BCUT2D eigenvalue weighted by molar-refractivity contribution is 7.99. The summed E-state index contributed by atoms with van der Waals surface area (Å²) in [5, 5.41) is 8.46. The molecule has 1 aromatic heterocycles. The molecule has 1 heterocycles. The van der Waals surface area contributed by atoms with Gasteiger partial charge in [0, 0.05) is 5.25 Å². The summed E-state index contributed by atoms with van der Waals surface area (Å²) in [5.41, 5.74) is 8.50. The first-order chi connectivity index (χ1) is 16.2. The van der Waals surface area contributed by atoms with Gasteiger partial charge in [0.1, 0.15) is 0 Å². The zero-order valence-electron chi connectivity index (χ0n) is 22.3. The fraction of sp³-hybridized carbons (Fsp3) is 0.862. The van der Waals surface area contributed by atoms with Crippen molar-refractivity contribution in [1.82, 2.24) is 15.2 Å². The minimum atomic E-state index is 0.417. The van der Waals surface area contributed by atoms with Gasteiger partial charge in [-0.25, -0.2) is 5.10 Å². The van der Waals surface area contributed by atoms with Crippen LogP contribution in [-0.4, -0.2) is 20.4 Å². The van der Waals surface area contributed by atoms with Crippen LogP contribution in [0.25, 0.3) is 0 Å². The summed E-state index contributed by atoms with van der Waals surface area (Å²) in [7, 11) is 0. The largest absolute Gasteiger partial charge is 0.368 e. The number of nitrogens with two attached hydrogens (primary N) is 1. The molecular weight excluding hydrogens is 436 g/mol. The second-order valence-electron chi connectivity index (χ2n) is 13.3. The summed E-state index contributed by atoms with van der Waals surface area (Å²) in [5.74, 6) is 5.88. The van der Waals surface area contributed by atoms with Crippen LogP contribution < -0.4 is 5.73 Å². The Bertz CT molecular complexity index is 892. The van der Waals surface area contributed by atoms with E-state index in [1.807, 2.05) is 11.8 Å². The summed E-state index contributed by atoms with van der Waals surface area (Å²) >= 11 is 1.82. The number of allylic oxidation sites excluding steroid dienone is 2. The fourth-order valence-corrected chi connectivity index (χ4v) is 10.3. The number of fused-ring (bicyclic) bond motifs is 5. The van der Waals surface area contributed by atoms with Gasteiger partial charge in [-0.05, 0) is 97.7 Å². The predicted molar refractivity (Wildman–Crippen MR) is 143 cm³/mol. The molecule has 0 radical (unpaired) electrons. The molecule has 3 fully saturated rings. The van der Waals surface area contributed by atoms with E-state index in [-0.39, 0.29) is 0 Å². The molecule has 1 aromatic rings. The van der Waals surface area contributed by atoms with Crippen molar-refractivity contribution < 1.29 is 0 Å². The molecule has 0 spiro atoms. The first kappa shape index (κ1) is 24.7. The first-order valence-electron chi connectivity index (χ1n) is 14.2. The molecular formula is C29H48N4S. The van der Waals surface area contributed by atoms with Gasteiger partial charge in [0.2, 0.25) is 11.1 Å². The maximum atomic E-state index is 5.75. The van der Waals surface area contributed by atoms with Crippen molar-refractivity contribution in [2.24, 2.45) is 46.3 Å². The van der Waals surface area contributed by atoms with Crippen LogP contribution in [0.2, 0.25) is 0 Å². The van der Waals surface area contributed by atoms with E-state index in [1.54, 1.807) is 5.57 Å². The summed E-state index contributed by atoms with van der Waals surface area (Å²) in [6, 6.07) is 0. The molecule has 0 aromatic carbocycles. The number of nitrogens with one attached hydrogen (secondary N) is 1. The minimum absolute atomic E-state index is 0.417. The SMILES string of the molecule is CC(C)CCC[C@H](C)[C@@H]1CC[C@@H]2[C@@H]3CC=C4C[C@H](Sc5n[nH]c(N)n5)CC[C@]4(C)[C@H]3CC[C@@]21C. The number of thioether (sulfide) groups is 1. The quantitative estimate of drug-likeness (QED) is 0.386. The van der Waals surface area contributed by atoms with Crippen molar-refractivity contribution in [3.8, 4) is 0 Å². The molecule has 34 heavy (non-hydrogen) atoms. The minimum Gasteiger partial charge on any atom is -0.368 e. The standard InChI is InChI=1S/C29H48N4S/c1-18(2)7-6-8-19(3)23-11-12-24-22-10-9-20-17-21(34-27-31-26(30)32-33-27)13-15-28(20,4)25(22)14-16-29(23,24)5/h9,18-19,21-25H,6-8,10-17H2,1-5H3,(H3,30,31,32,33)/t19-,21+,22-,23-,24+,25-,28-,29+/m0/s1. The van der Waals surface area contributed by atoms with Gasteiger partial charge in [0.25, 0.3) is 0 Å². The number of anilines is 1. The Morgan fingerprint density at radius 2 is 1.91 bits per heavy atom. The zero-order chi connectivity index (χ0) is 24.1. The second-order valence-corrected chi connectivity index (χ2v) is 14.5. The number of aromatic nitrogens is 3. The highest BCUT2D eigenvalue weighted by atomic mass is 32.2. The Balaban J connectivity index is 1.27. The van der Waals surface area contributed by atoms with E-state index in [0.717, 1.165) is 40.7 Å². The Morgan fingerprint density at radius 3 is 2.65 bits per heavy atom. The van der Waals surface area contributed by atoms with Crippen molar-refractivity contribution in [1.29, 1.82) is 0 Å². The maximum Gasteiger partial charge on any atom is 0.216 e. The summed E-state index contributed by atoms with van der Waals surface area (Å²) in [4.78, 5) is 4.34. The van der Waals surface area contributed by atoms with Crippen molar-refractivity contribution in [2.75, 3.05) is 5.73 Å². The molecule has 0 aliphatic heterocycles. The molecule has 8 atom stereocenters. The molecule has 0 unspecified atom stereocenters. The normalized spacial score (nSPS) is 40.4. The first-order valence-corrected chi connectivity index (χ1v) is 15.1. The zero-order valence-corrected chi connectivity index (χ0v) is 23.1.